The van der Waals surface area contributed by atoms with Crippen molar-refractivity contribution in [1.29, 1.82) is 0 Å². The summed E-state index contributed by atoms with van der Waals surface area (Å²) in [7, 11) is 1.73. The summed E-state index contributed by atoms with van der Waals surface area (Å²) in [6.07, 6.45) is 0.978. The molecule has 0 radical (unpaired) electrons. The van der Waals surface area contributed by atoms with E-state index < -0.39 is 0 Å². The van der Waals surface area contributed by atoms with Gasteiger partial charge in [-0.05, 0) is 25.0 Å². The number of carbonyl (C=O) groups is 1. The highest BCUT2D eigenvalue weighted by Gasteiger charge is 2.07. The molecule has 1 amide bonds. The summed E-state index contributed by atoms with van der Waals surface area (Å²) in [5.74, 6) is 1.66. The number of aryl methyl sites for hydroxylation is 1. The molecule has 0 bridgehead atoms. The third kappa shape index (κ3) is 7.92. The summed E-state index contributed by atoms with van der Waals surface area (Å²) in [4.78, 5) is 15.7. The van der Waals surface area contributed by atoms with Gasteiger partial charge in [0.15, 0.2) is 5.96 Å². The number of amides is 1. The molecule has 140 valence electrons. The lowest BCUT2D eigenvalue weighted by Gasteiger charge is -2.15. The van der Waals surface area contributed by atoms with E-state index in [-0.39, 0.29) is 11.8 Å². The number of hydrogen-bond acceptors (Lipinski definition) is 3. The van der Waals surface area contributed by atoms with Crippen LogP contribution in [0.25, 0.3) is 0 Å². The maximum Gasteiger partial charge on any atom is 0.222 e. The van der Waals surface area contributed by atoms with Crippen LogP contribution in [0.4, 0.5) is 0 Å². The summed E-state index contributed by atoms with van der Waals surface area (Å²) < 4.78 is 5.83. The van der Waals surface area contributed by atoms with Crippen LogP contribution < -0.4 is 20.7 Å². The van der Waals surface area contributed by atoms with E-state index in [1.54, 1.807) is 7.05 Å². The summed E-state index contributed by atoms with van der Waals surface area (Å²) in [6, 6.07) is 6.21. The smallest absolute Gasteiger partial charge is 0.222 e. The maximum absolute atomic E-state index is 11.5. The molecule has 0 aliphatic heterocycles. The Morgan fingerprint density at radius 1 is 1.20 bits per heavy atom. The van der Waals surface area contributed by atoms with Crippen molar-refractivity contribution in [2.45, 2.75) is 40.7 Å². The van der Waals surface area contributed by atoms with Crippen LogP contribution in [0.3, 0.4) is 0 Å². The molecule has 1 rings (SSSR count). The summed E-state index contributed by atoms with van der Waals surface area (Å²) in [5.41, 5.74) is 2.27. The average Bonchev–Trinajstić information content (AvgIpc) is 2.60. The lowest BCUT2D eigenvalue weighted by Crippen LogP contribution is -2.41. The maximum atomic E-state index is 11.5. The number of carbonyl (C=O) groups excluding carboxylic acids is 1. The Morgan fingerprint density at radius 2 is 1.92 bits per heavy atom. The van der Waals surface area contributed by atoms with Crippen LogP contribution in [0.5, 0.6) is 5.75 Å². The largest absolute Gasteiger partial charge is 0.493 e. The molecular weight excluding hydrogens is 316 g/mol. The molecule has 0 unspecified atom stereocenters. The number of aliphatic imine (C=N–C) groups is 1. The van der Waals surface area contributed by atoms with Crippen LogP contribution in [0.2, 0.25) is 0 Å². The third-order valence-corrected chi connectivity index (χ3v) is 3.60. The summed E-state index contributed by atoms with van der Waals surface area (Å²) in [5, 5.41) is 9.34. The van der Waals surface area contributed by atoms with Crippen LogP contribution in [0.1, 0.15) is 38.3 Å². The molecule has 0 saturated carbocycles. The SMILES string of the molecule is CCCOc1cc(C)ccc1CNC(=NC)NCCNC(=O)C(C)C. The first-order chi connectivity index (χ1) is 12.0. The number of nitrogens with zero attached hydrogens (tertiary/aromatic N) is 1. The minimum absolute atomic E-state index is 0.000478. The van der Waals surface area contributed by atoms with Crippen LogP contribution >= 0.6 is 0 Å². The van der Waals surface area contributed by atoms with Gasteiger partial charge in [0.25, 0.3) is 0 Å². The number of nitrogens with one attached hydrogen (secondary N) is 3. The summed E-state index contributed by atoms with van der Waals surface area (Å²) >= 11 is 0. The molecule has 0 saturated heterocycles. The average molecular weight is 348 g/mol. The van der Waals surface area contributed by atoms with E-state index >= 15 is 0 Å². The van der Waals surface area contributed by atoms with Gasteiger partial charge in [0.1, 0.15) is 5.75 Å². The topological polar surface area (TPSA) is 74.8 Å². The summed E-state index contributed by atoms with van der Waals surface area (Å²) in [6.45, 7) is 10.4. The fraction of sp³-hybridized carbons (Fsp3) is 0.579. The fourth-order valence-electron chi connectivity index (χ4n) is 2.12. The highest BCUT2D eigenvalue weighted by molar-refractivity contribution is 5.80. The van der Waals surface area contributed by atoms with Crippen molar-refractivity contribution in [2.75, 3.05) is 26.7 Å². The van der Waals surface area contributed by atoms with Crippen molar-refractivity contribution >= 4 is 11.9 Å². The Labute approximate surface area is 151 Å². The fourth-order valence-corrected chi connectivity index (χ4v) is 2.12. The van der Waals surface area contributed by atoms with Crippen LogP contribution in [0.15, 0.2) is 23.2 Å². The Balaban J connectivity index is 2.48. The Morgan fingerprint density at radius 3 is 2.56 bits per heavy atom. The van der Waals surface area contributed by atoms with Crippen LogP contribution in [0, 0.1) is 12.8 Å². The van der Waals surface area contributed by atoms with E-state index in [1.807, 2.05) is 13.8 Å². The minimum atomic E-state index is 0.000478. The van der Waals surface area contributed by atoms with Crippen molar-refractivity contribution in [3.8, 4) is 5.75 Å². The third-order valence-electron chi connectivity index (χ3n) is 3.60. The first-order valence-corrected chi connectivity index (χ1v) is 8.92. The molecule has 3 N–H and O–H groups in total. The molecule has 0 atom stereocenters. The second-order valence-corrected chi connectivity index (χ2v) is 6.26. The van der Waals surface area contributed by atoms with E-state index in [1.165, 1.54) is 5.56 Å². The number of benzene rings is 1. The number of rotatable bonds is 9. The van der Waals surface area contributed by atoms with E-state index in [4.69, 9.17) is 4.74 Å². The van der Waals surface area contributed by atoms with Gasteiger partial charge in [0, 0.05) is 38.2 Å². The molecule has 0 fully saturated rings. The van der Waals surface area contributed by atoms with Crippen molar-refractivity contribution in [1.82, 2.24) is 16.0 Å². The normalized spacial score (nSPS) is 11.4. The highest BCUT2D eigenvalue weighted by Crippen LogP contribution is 2.20. The molecule has 25 heavy (non-hydrogen) atoms. The van der Waals surface area contributed by atoms with E-state index in [9.17, 15) is 4.79 Å². The van der Waals surface area contributed by atoms with Gasteiger partial charge < -0.3 is 20.7 Å². The van der Waals surface area contributed by atoms with Crippen molar-refractivity contribution in [3.05, 3.63) is 29.3 Å². The van der Waals surface area contributed by atoms with Gasteiger partial charge in [-0.1, -0.05) is 32.9 Å². The molecule has 6 nitrogen and oxygen atoms in total. The minimum Gasteiger partial charge on any atom is -0.493 e. The van der Waals surface area contributed by atoms with Gasteiger partial charge in [0.05, 0.1) is 6.61 Å². The van der Waals surface area contributed by atoms with E-state index in [2.05, 4.69) is 53.0 Å². The van der Waals surface area contributed by atoms with Crippen molar-refractivity contribution < 1.29 is 9.53 Å². The standard InChI is InChI=1S/C19H32N4O2/c1-6-11-25-17-12-15(4)7-8-16(17)13-23-19(20-5)22-10-9-21-18(24)14(2)3/h7-8,12,14H,6,9-11,13H2,1-5H3,(H,21,24)(H2,20,22,23). The van der Waals surface area contributed by atoms with Gasteiger partial charge in [-0.2, -0.15) is 0 Å². The quantitative estimate of drug-likeness (QED) is 0.363. The van der Waals surface area contributed by atoms with Gasteiger partial charge >= 0.3 is 0 Å². The van der Waals surface area contributed by atoms with Crippen molar-refractivity contribution in [3.63, 3.8) is 0 Å². The monoisotopic (exact) mass is 348 g/mol. The van der Waals surface area contributed by atoms with Gasteiger partial charge in [-0.3, -0.25) is 9.79 Å². The lowest BCUT2D eigenvalue weighted by molar-refractivity contribution is -0.123. The molecule has 0 heterocycles. The molecular formula is C19H32N4O2. The van der Waals surface area contributed by atoms with Gasteiger partial charge in [0.2, 0.25) is 5.91 Å². The molecule has 0 aliphatic carbocycles. The van der Waals surface area contributed by atoms with Gasteiger partial charge in [-0.15, -0.1) is 0 Å². The van der Waals surface area contributed by atoms with Crippen molar-refractivity contribution in [2.24, 2.45) is 10.9 Å². The molecule has 6 heteroatoms. The number of guanidine groups is 1. The highest BCUT2D eigenvalue weighted by atomic mass is 16.5. The van der Waals surface area contributed by atoms with Crippen LogP contribution in [-0.4, -0.2) is 38.6 Å². The lowest BCUT2D eigenvalue weighted by atomic mass is 10.1. The Kier molecular flexibility index (Phi) is 9.43. The van der Waals surface area contributed by atoms with E-state index in [0.717, 1.165) is 17.7 Å². The first-order valence-electron chi connectivity index (χ1n) is 8.92. The Bertz CT molecular complexity index is 571. The van der Waals surface area contributed by atoms with Crippen LogP contribution in [-0.2, 0) is 11.3 Å². The van der Waals surface area contributed by atoms with E-state index in [0.29, 0.717) is 32.2 Å². The molecule has 1 aromatic carbocycles. The molecule has 0 aromatic heterocycles. The first kappa shape index (κ1) is 20.8. The number of hydrogen-bond donors (Lipinski definition) is 3. The van der Waals surface area contributed by atoms with Gasteiger partial charge in [-0.25, -0.2) is 0 Å². The zero-order chi connectivity index (χ0) is 18.7. The predicted molar refractivity (Wildman–Crippen MR) is 103 cm³/mol. The zero-order valence-corrected chi connectivity index (χ0v) is 16.1. The molecule has 0 aliphatic rings. The number of ether oxygens (including phenoxy) is 1. The second-order valence-electron chi connectivity index (χ2n) is 6.26. The zero-order valence-electron chi connectivity index (χ0n) is 16.1. The molecule has 0 spiro atoms. The second kappa shape index (κ2) is 11.3. The Hall–Kier alpha value is -2.24. The predicted octanol–water partition coefficient (Wildman–Crippen LogP) is 2.22. The molecule has 1 aromatic rings.